The van der Waals surface area contributed by atoms with Crippen LogP contribution in [0.25, 0.3) is 0 Å². The standard InChI is InChI=1S/C16H19Cl2N3O6S/c17-8-1-3-12(9(18)5-8)28-7-11(15(25)20-6-14(23)24)21-13(22)4-2-10(19)16(26)27/h1,3,5,10-11H,2,4,6-7,19H2,(H,20,25)(H,21,22)(H,23,24)(H,26,27)/t10-,11-/m0/s1. The molecule has 2 amide bonds. The van der Waals surface area contributed by atoms with E-state index in [1.165, 1.54) is 17.8 Å². The number of aliphatic carboxylic acids is 2. The lowest BCUT2D eigenvalue weighted by Gasteiger charge is -2.18. The Balaban J connectivity index is 2.74. The first-order valence-electron chi connectivity index (χ1n) is 7.95. The first kappa shape index (κ1) is 24.0. The normalized spacial score (nSPS) is 12.7. The Morgan fingerprint density at radius 2 is 1.86 bits per heavy atom. The number of hydrogen-bond donors (Lipinski definition) is 5. The second-order valence-electron chi connectivity index (χ2n) is 5.60. The number of hydrogen-bond acceptors (Lipinski definition) is 6. The number of carboxylic acids is 2. The number of benzene rings is 1. The molecule has 0 bridgehead atoms. The minimum Gasteiger partial charge on any atom is -0.480 e. The zero-order valence-corrected chi connectivity index (χ0v) is 16.8. The van der Waals surface area contributed by atoms with Gasteiger partial charge in [-0.25, -0.2) is 0 Å². The van der Waals surface area contributed by atoms with Gasteiger partial charge in [0.05, 0.1) is 5.02 Å². The van der Waals surface area contributed by atoms with Gasteiger partial charge in [0, 0.05) is 22.1 Å². The van der Waals surface area contributed by atoms with Crippen LogP contribution < -0.4 is 16.4 Å². The number of carbonyl (C=O) groups excluding carboxylic acids is 2. The van der Waals surface area contributed by atoms with Crippen LogP contribution in [0.4, 0.5) is 0 Å². The van der Waals surface area contributed by atoms with Crippen LogP contribution in [0.5, 0.6) is 0 Å². The molecule has 0 aromatic heterocycles. The lowest BCUT2D eigenvalue weighted by Crippen LogP contribution is -2.49. The minimum absolute atomic E-state index is 0.0591. The number of nitrogens with one attached hydrogen (secondary N) is 2. The van der Waals surface area contributed by atoms with E-state index in [4.69, 9.17) is 39.1 Å². The molecule has 6 N–H and O–H groups in total. The van der Waals surface area contributed by atoms with Gasteiger partial charge in [0.1, 0.15) is 18.6 Å². The van der Waals surface area contributed by atoms with Crippen molar-refractivity contribution in [2.24, 2.45) is 5.73 Å². The molecule has 0 aliphatic carbocycles. The van der Waals surface area contributed by atoms with E-state index in [1.807, 2.05) is 0 Å². The average molecular weight is 452 g/mol. The van der Waals surface area contributed by atoms with Gasteiger partial charge in [-0.05, 0) is 24.6 Å². The van der Waals surface area contributed by atoms with E-state index >= 15 is 0 Å². The largest absolute Gasteiger partial charge is 0.480 e. The molecule has 9 nitrogen and oxygen atoms in total. The van der Waals surface area contributed by atoms with Crippen molar-refractivity contribution in [1.82, 2.24) is 10.6 Å². The van der Waals surface area contributed by atoms with Gasteiger partial charge in [0.2, 0.25) is 11.8 Å². The average Bonchev–Trinajstić information content (AvgIpc) is 2.62. The summed E-state index contributed by atoms with van der Waals surface area (Å²) in [6.07, 6.45) is -0.316. The summed E-state index contributed by atoms with van der Waals surface area (Å²) in [4.78, 5) is 46.2. The molecule has 0 heterocycles. The van der Waals surface area contributed by atoms with Gasteiger partial charge in [0.25, 0.3) is 0 Å². The second-order valence-corrected chi connectivity index (χ2v) is 7.51. The molecule has 0 radical (unpaired) electrons. The Kier molecular flexibility index (Phi) is 10.1. The van der Waals surface area contributed by atoms with Crippen LogP contribution in [0, 0.1) is 0 Å². The van der Waals surface area contributed by atoms with Crippen LogP contribution in [0.2, 0.25) is 10.0 Å². The predicted molar refractivity (Wildman–Crippen MR) is 105 cm³/mol. The number of carboxylic acid groups (broad SMARTS) is 2. The third-order valence-electron chi connectivity index (χ3n) is 3.36. The molecular formula is C16H19Cl2N3O6S. The summed E-state index contributed by atoms with van der Waals surface area (Å²) < 4.78 is 0. The molecule has 0 saturated heterocycles. The fraction of sp³-hybridized carbons (Fsp3) is 0.375. The van der Waals surface area contributed by atoms with Gasteiger partial charge in [-0.2, -0.15) is 0 Å². The molecule has 1 aromatic carbocycles. The summed E-state index contributed by atoms with van der Waals surface area (Å²) >= 11 is 13.1. The van der Waals surface area contributed by atoms with Crippen LogP contribution in [0.15, 0.2) is 23.1 Å². The molecule has 154 valence electrons. The number of amides is 2. The molecular weight excluding hydrogens is 433 g/mol. The van der Waals surface area contributed by atoms with Crippen molar-refractivity contribution in [1.29, 1.82) is 0 Å². The number of carbonyl (C=O) groups is 4. The molecule has 0 unspecified atom stereocenters. The van der Waals surface area contributed by atoms with Crippen molar-refractivity contribution in [3.05, 3.63) is 28.2 Å². The smallest absolute Gasteiger partial charge is 0.322 e. The Morgan fingerprint density at radius 3 is 2.43 bits per heavy atom. The van der Waals surface area contributed by atoms with E-state index in [-0.39, 0.29) is 18.6 Å². The Hall–Kier alpha value is -2.01. The third kappa shape index (κ3) is 8.79. The fourth-order valence-electron chi connectivity index (χ4n) is 1.91. The Morgan fingerprint density at radius 1 is 1.18 bits per heavy atom. The summed E-state index contributed by atoms with van der Waals surface area (Å²) in [5, 5.41) is 22.9. The SMILES string of the molecule is N[C@@H](CCC(=O)N[C@@H](CSc1ccc(Cl)cc1Cl)C(=O)NCC(=O)O)C(=O)O. The summed E-state index contributed by atoms with van der Waals surface area (Å²) in [6, 6.07) is 2.52. The highest BCUT2D eigenvalue weighted by Crippen LogP contribution is 2.30. The maximum Gasteiger partial charge on any atom is 0.322 e. The summed E-state index contributed by atoms with van der Waals surface area (Å²) in [6.45, 7) is -0.610. The van der Waals surface area contributed by atoms with Crippen molar-refractivity contribution < 1.29 is 29.4 Å². The molecule has 1 aromatic rings. The van der Waals surface area contributed by atoms with Crippen molar-refractivity contribution in [2.45, 2.75) is 29.8 Å². The second kappa shape index (κ2) is 11.7. The number of thioether (sulfide) groups is 1. The van der Waals surface area contributed by atoms with Crippen LogP contribution in [-0.4, -0.2) is 58.3 Å². The third-order valence-corrected chi connectivity index (χ3v) is 5.19. The van der Waals surface area contributed by atoms with Crippen LogP contribution in [0.3, 0.4) is 0 Å². The fourth-order valence-corrected chi connectivity index (χ4v) is 3.42. The highest BCUT2D eigenvalue weighted by atomic mass is 35.5. The molecule has 0 spiro atoms. The summed E-state index contributed by atoms with van der Waals surface area (Å²) in [7, 11) is 0. The predicted octanol–water partition coefficient (Wildman–Crippen LogP) is 0.963. The van der Waals surface area contributed by atoms with Crippen molar-refractivity contribution in [3.63, 3.8) is 0 Å². The highest BCUT2D eigenvalue weighted by Gasteiger charge is 2.23. The zero-order chi connectivity index (χ0) is 21.3. The lowest BCUT2D eigenvalue weighted by molar-refractivity contribution is -0.139. The summed E-state index contributed by atoms with van der Waals surface area (Å²) in [5.74, 6) is -3.70. The van der Waals surface area contributed by atoms with Crippen LogP contribution in [0.1, 0.15) is 12.8 Å². The van der Waals surface area contributed by atoms with Crippen molar-refractivity contribution >= 4 is 58.7 Å². The van der Waals surface area contributed by atoms with Gasteiger partial charge in [-0.1, -0.05) is 23.2 Å². The first-order valence-corrected chi connectivity index (χ1v) is 9.69. The molecule has 0 saturated carbocycles. The van der Waals surface area contributed by atoms with Gasteiger partial charge >= 0.3 is 11.9 Å². The first-order chi connectivity index (χ1) is 13.1. The van der Waals surface area contributed by atoms with E-state index in [2.05, 4.69) is 10.6 Å². The van der Waals surface area contributed by atoms with Crippen molar-refractivity contribution in [2.75, 3.05) is 12.3 Å². The summed E-state index contributed by atoms with van der Waals surface area (Å²) in [5.41, 5.74) is 5.35. The van der Waals surface area contributed by atoms with Crippen molar-refractivity contribution in [3.8, 4) is 0 Å². The minimum atomic E-state index is -1.24. The molecule has 2 atom stereocenters. The van der Waals surface area contributed by atoms with E-state index in [0.717, 1.165) is 0 Å². The number of nitrogens with two attached hydrogens (primary N) is 1. The van der Waals surface area contributed by atoms with Crippen LogP contribution >= 0.6 is 35.0 Å². The Bertz CT molecular complexity index is 749. The molecule has 0 aliphatic rings. The topological polar surface area (TPSA) is 159 Å². The highest BCUT2D eigenvalue weighted by molar-refractivity contribution is 7.99. The van der Waals surface area contributed by atoms with Gasteiger partial charge in [0.15, 0.2) is 0 Å². The Labute approximate surface area is 174 Å². The maximum absolute atomic E-state index is 12.2. The van der Waals surface area contributed by atoms with E-state index in [9.17, 15) is 19.2 Å². The van der Waals surface area contributed by atoms with E-state index in [0.29, 0.717) is 14.9 Å². The quantitative estimate of drug-likeness (QED) is 0.311. The molecule has 12 heteroatoms. The maximum atomic E-state index is 12.2. The van der Waals surface area contributed by atoms with E-state index < -0.39 is 42.4 Å². The zero-order valence-electron chi connectivity index (χ0n) is 14.5. The van der Waals surface area contributed by atoms with Gasteiger partial charge in [-0.15, -0.1) is 11.8 Å². The lowest BCUT2D eigenvalue weighted by atomic mass is 10.1. The van der Waals surface area contributed by atoms with E-state index in [1.54, 1.807) is 12.1 Å². The van der Waals surface area contributed by atoms with Gasteiger partial charge < -0.3 is 26.6 Å². The number of rotatable bonds is 11. The monoisotopic (exact) mass is 451 g/mol. The number of halogens is 2. The molecule has 28 heavy (non-hydrogen) atoms. The van der Waals surface area contributed by atoms with Crippen LogP contribution in [-0.2, 0) is 19.2 Å². The molecule has 0 aliphatic heterocycles. The van der Waals surface area contributed by atoms with Gasteiger partial charge in [-0.3, -0.25) is 19.2 Å². The molecule has 0 fully saturated rings. The molecule has 1 rings (SSSR count).